The molecule has 1 atom stereocenters. The third kappa shape index (κ3) is 3.19. The first kappa shape index (κ1) is 15.0. The lowest BCUT2D eigenvalue weighted by molar-refractivity contribution is -0.158. The van der Waals surface area contributed by atoms with E-state index in [9.17, 15) is 9.59 Å². The molecule has 108 valence electrons. The fourth-order valence-electron chi connectivity index (χ4n) is 2.07. The van der Waals surface area contributed by atoms with Crippen molar-refractivity contribution in [1.29, 1.82) is 0 Å². The van der Waals surface area contributed by atoms with Crippen LogP contribution in [0.1, 0.15) is 15.9 Å². The molecule has 1 heterocycles. The molecule has 1 amide bonds. The number of nitrogens with zero attached hydrogens (tertiary/aromatic N) is 1. The van der Waals surface area contributed by atoms with Crippen LogP contribution in [0.2, 0.25) is 0 Å². The van der Waals surface area contributed by atoms with Gasteiger partial charge in [-0.15, -0.1) is 0 Å². The molecule has 0 saturated carbocycles. The number of ether oxygens (including phenoxy) is 2. The Hall–Kier alpha value is -1.40. The summed E-state index contributed by atoms with van der Waals surface area (Å²) in [6.45, 7) is 2.96. The van der Waals surface area contributed by atoms with Crippen molar-refractivity contribution in [2.24, 2.45) is 0 Å². The predicted molar refractivity (Wildman–Crippen MR) is 76.5 cm³/mol. The molecule has 0 spiro atoms. The summed E-state index contributed by atoms with van der Waals surface area (Å²) in [5.41, 5.74) is 1.60. The number of carbonyl (C=O) groups excluding carboxylic acids is 2. The van der Waals surface area contributed by atoms with Gasteiger partial charge in [0.1, 0.15) is 0 Å². The average molecular weight is 342 g/mol. The first-order chi connectivity index (χ1) is 9.52. The molecular weight excluding hydrogens is 326 g/mol. The quantitative estimate of drug-likeness (QED) is 0.769. The smallest absolute Gasteiger partial charge is 0.336 e. The second-order valence-corrected chi connectivity index (χ2v) is 5.45. The minimum Gasteiger partial charge on any atom is -0.467 e. The Morgan fingerprint density at radius 1 is 1.45 bits per heavy atom. The molecule has 1 aromatic rings. The molecule has 6 heteroatoms. The molecule has 0 N–H and O–H groups in total. The van der Waals surface area contributed by atoms with E-state index < -0.39 is 12.1 Å². The van der Waals surface area contributed by atoms with Crippen molar-refractivity contribution in [3.05, 3.63) is 33.8 Å². The number of carbonyl (C=O) groups is 2. The van der Waals surface area contributed by atoms with E-state index in [0.29, 0.717) is 18.7 Å². The molecule has 5 nitrogen and oxygen atoms in total. The van der Waals surface area contributed by atoms with E-state index in [0.717, 1.165) is 10.0 Å². The monoisotopic (exact) mass is 341 g/mol. The number of hydrogen-bond acceptors (Lipinski definition) is 4. The highest BCUT2D eigenvalue weighted by molar-refractivity contribution is 9.10. The molecule has 0 bridgehead atoms. The summed E-state index contributed by atoms with van der Waals surface area (Å²) in [5.74, 6) is -0.549. The molecule has 20 heavy (non-hydrogen) atoms. The highest BCUT2D eigenvalue weighted by atomic mass is 79.9. The maximum absolute atomic E-state index is 12.4. The predicted octanol–water partition coefficient (Wildman–Crippen LogP) is 1.77. The van der Waals surface area contributed by atoms with Crippen LogP contribution in [-0.4, -0.2) is 49.7 Å². The fraction of sp³-hybridized carbons (Fsp3) is 0.429. The summed E-state index contributed by atoms with van der Waals surface area (Å²) in [5, 5.41) is 0. The molecule has 1 aliphatic rings. The number of methoxy groups -OCH3 is 1. The van der Waals surface area contributed by atoms with Gasteiger partial charge in [-0.3, -0.25) is 4.79 Å². The number of benzene rings is 1. The van der Waals surface area contributed by atoms with Crippen molar-refractivity contribution in [2.45, 2.75) is 13.0 Å². The first-order valence-electron chi connectivity index (χ1n) is 6.27. The van der Waals surface area contributed by atoms with E-state index in [1.807, 2.05) is 19.1 Å². The van der Waals surface area contributed by atoms with Gasteiger partial charge in [-0.1, -0.05) is 15.9 Å². The zero-order valence-corrected chi connectivity index (χ0v) is 13.0. The van der Waals surface area contributed by atoms with E-state index >= 15 is 0 Å². The number of rotatable bonds is 2. The van der Waals surface area contributed by atoms with Crippen molar-refractivity contribution in [3.8, 4) is 0 Å². The summed E-state index contributed by atoms with van der Waals surface area (Å²) >= 11 is 3.41. The van der Waals surface area contributed by atoms with Gasteiger partial charge in [-0.25, -0.2) is 4.79 Å². The molecule has 0 radical (unpaired) electrons. The summed E-state index contributed by atoms with van der Waals surface area (Å²) in [7, 11) is 1.31. The molecule has 1 fully saturated rings. The Balaban J connectivity index is 2.12. The van der Waals surface area contributed by atoms with Crippen LogP contribution in [0.15, 0.2) is 22.7 Å². The summed E-state index contributed by atoms with van der Waals surface area (Å²) < 4.78 is 10.9. The van der Waals surface area contributed by atoms with Crippen molar-refractivity contribution >= 4 is 27.8 Å². The van der Waals surface area contributed by atoms with Crippen LogP contribution < -0.4 is 0 Å². The maximum Gasteiger partial charge on any atom is 0.336 e. The van der Waals surface area contributed by atoms with Gasteiger partial charge in [0.25, 0.3) is 5.91 Å². The molecular formula is C14H16BrNO4. The Bertz CT molecular complexity index is 532. The van der Waals surface area contributed by atoms with Crippen LogP contribution in [0, 0.1) is 6.92 Å². The number of hydrogen-bond donors (Lipinski definition) is 0. The van der Waals surface area contributed by atoms with Crippen molar-refractivity contribution < 1.29 is 19.1 Å². The third-order valence-electron chi connectivity index (χ3n) is 3.22. The van der Waals surface area contributed by atoms with E-state index in [4.69, 9.17) is 4.74 Å². The lowest BCUT2D eigenvalue weighted by Gasteiger charge is -2.31. The number of amides is 1. The lowest BCUT2D eigenvalue weighted by Crippen LogP contribution is -2.48. The van der Waals surface area contributed by atoms with Crippen LogP contribution in [0.25, 0.3) is 0 Å². The minimum atomic E-state index is -0.700. The number of esters is 1. The molecule has 1 aromatic carbocycles. The fourth-order valence-corrected chi connectivity index (χ4v) is 2.31. The molecule has 1 unspecified atom stereocenters. The van der Waals surface area contributed by atoms with Gasteiger partial charge in [0.15, 0.2) is 6.10 Å². The van der Waals surface area contributed by atoms with Gasteiger partial charge in [0, 0.05) is 16.6 Å². The van der Waals surface area contributed by atoms with E-state index in [-0.39, 0.29) is 12.5 Å². The average Bonchev–Trinajstić information content (AvgIpc) is 2.48. The zero-order chi connectivity index (χ0) is 14.7. The molecule has 0 aliphatic carbocycles. The maximum atomic E-state index is 12.4. The molecule has 1 aliphatic heterocycles. The van der Waals surface area contributed by atoms with E-state index in [1.54, 1.807) is 11.0 Å². The van der Waals surface area contributed by atoms with Gasteiger partial charge in [-0.05, 0) is 30.7 Å². The van der Waals surface area contributed by atoms with Crippen molar-refractivity contribution in [3.63, 3.8) is 0 Å². The van der Waals surface area contributed by atoms with Gasteiger partial charge >= 0.3 is 5.97 Å². The molecule has 1 saturated heterocycles. The lowest BCUT2D eigenvalue weighted by atomic mass is 10.1. The van der Waals surface area contributed by atoms with Gasteiger partial charge < -0.3 is 14.4 Å². The van der Waals surface area contributed by atoms with Crippen LogP contribution >= 0.6 is 15.9 Å². The Labute approximate surface area is 126 Å². The van der Waals surface area contributed by atoms with Gasteiger partial charge in [0.05, 0.1) is 20.3 Å². The second kappa shape index (κ2) is 6.37. The summed E-state index contributed by atoms with van der Waals surface area (Å²) in [6.07, 6.45) is -0.700. The molecule has 0 aromatic heterocycles. The summed E-state index contributed by atoms with van der Waals surface area (Å²) in [6, 6.07) is 5.44. The zero-order valence-electron chi connectivity index (χ0n) is 11.4. The Kier molecular flexibility index (Phi) is 4.77. The topological polar surface area (TPSA) is 55.8 Å². The third-order valence-corrected chi connectivity index (χ3v) is 4.11. The Morgan fingerprint density at radius 3 is 2.85 bits per heavy atom. The van der Waals surface area contributed by atoms with Crippen molar-refractivity contribution in [1.82, 2.24) is 4.90 Å². The minimum absolute atomic E-state index is 0.0993. The number of morpholine rings is 1. The summed E-state index contributed by atoms with van der Waals surface area (Å²) in [4.78, 5) is 25.5. The number of halogens is 1. The largest absolute Gasteiger partial charge is 0.467 e. The van der Waals surface area contributed by atoms with Crippen molar-refractivity contribution in [2.75, 3.05) is 26.8 Å². The van der Waals surface area contributed by atoms with Gasteiger partial charge in [-0.2, -0.15) is 0 Å². The van der Waals surface area contributed by atoms with Gasteiger partial charge in [0.2, 0.25) is 0 Å². The Morgan fingerprint density at radius 2 is 2.20 bits per heavy atom. The first-order valence-corrected chi connectivity index (χ1v) is 7.07. The van der Waals surface area contributed by atoms with Crippen LogP contribution in [0.3, 0.4) is 0 Å². The van der Waals surface area contributed by atoms with E-state index in [2.05, 4.69) is 20.7 Å². The van der Waals surface area contributed by atoms with E-state index in [1.165, 1.54) is 7.11 Å². The van der Waals surface area contributed by atoms with Crippen LogP contribution in [0.5, 0.6) is 0 Å². The highest BCUT2D eigenvalue weighted by Gasteiger charge is 2.30. The number of aryl methyl sites for hydroxylation is 1. The normalized spacial score (nSPS) is 18.8. The standard InChI is InChI=1S/C14H16BrNO4/c1-9-7-10(3-4-11(9)15)13(17)16-5-6-20-12(8-16)14(18)19-2/h3-4,7,12H,5-6,8H2,1-2H3. The van der Waals surface area contributed by atoms with Crippen LogP contribution in [0.4, 0.5) is 0 Å². The van der Waals surface area contributed by atoms with Crippen LogP contribution in [-0.2, 0) is 14.3 Å². The second-order valence-electron chi connectivity index (χ2n) is 4.60. The highest BCUT2D eigenvalue weighted by Crippen LogP contribution is 2.19. The SMILES string of the molecule is COC(=O)C1CN(C(=O)c2ccc(Br)c(C)c2)CCO1. The molecule has 2 rings (SSSR count).